The van der Waals surface area contributed by atoms with E-state index >= 15 is 0 Å². The van der Waals surface area contributed by atoms with Crippen molar-refractivity contribution in [2.75, 3.05) is 27.2 Å². The lowest BCUT2D eigenvalue weighted by molar-refractivity contribution is 0.0767. The molecule has 3 saturated heterocycles. The fourth-order valence-electron chi connectivity index (χ4n) is 4.65. The van der Waals surface area contributed by atoms with E-state index in [1.807, 2.05) is 19.2 Å². The van der Waals surface area contributed by atoms with Gasteiger partial charge < -0.3 is 19.7 Å². The Hall–Kier alpha value is -1.66. The second-order valence-corrected chi connectivity index (χ2v) is 7.28. The minimum atomic E-state index is -0.224. The predicted octanol–water partition coefficient (Wildman–Crippen LogP) is 2.16. The van der Waals surface area contributed by atoms with Crippen molar-refractivity contribution in [3.05, 3.63) is 35.1 Å². The van der Waals surface area contributed by atoms with Crippen molar-refractivity contribution < 1.29 is 13.9 Å². The number of nitrogens with zero attached hydrogens (tertiary/aromatic N) is 2. The zero-order valence-electron chi connectivity index (χ0n) is 14.9. The maximum Gasteiger partial charge on any atom is 0.193 e. The lowest BCUT2D eigenvalue weighted by Crippen LogP contribution is -2.41. The Kier molecular flexibility index (Phi) is 4.65. The third kappa shape index (κ3) is 3.13. The maximum absolute atomic E-state index is 13.7. The molecular formula is C19H26FN3O2. The van der Waals surface area contributed by atoms with Crippen molar-refractivity contribution in [1.29, 1.82) is 0 Å². The van der Waals surface area contributed by atoms with E-state index < -0.39 is 0 Å². The van der Waals surface area contributed by atoms with Gasteiger partial charge in [-0.15, -0.1) is 0 Å². The van der Waals surface area contributed by atoms with Crippen LogP contribution in [0.2, 0.25) is 0 Å². The molecule has 0 saturated carbocycles. The number of nitrogens with one attached hydrogen (secondary N) is 1. The molecule has 5 nitrogen and oxygen atoms in total. The Morgan fingerprint density at radius 2 is 2.04 bits per heavy atom. The summed E-state index contributed by atoms with van der Waals surface area (Å²) in [6, 6.07) is 5.16. The van der Waals surface area contributed by atoms with Gasteiger partial charge in [-0.1, -0.05) is 6.07 Å². The van der Waals surface area contributed by atoms with Crippen LogP contribution in [0.15, 0.2) is 23.2 Å². The van der Waals surface area contributed by atoms with E-state index in [0.29, 0.717) is 36.2 Å². The van der Waals surface area contributed by atoms with Crippen molar-refractivity contribution >= 4 is 5.96 Å². The van der Waals surface area contributed by atoms with Crippen LogP contribution in [0.4, 0.5) is 4.39 Å². The van der Waals surface area contributed by atoms with Crippen molar-refractivity contribution in [2.24, 2.45) is 16.8 Å². The molecule has 0 amide bonds. The number of rotatable bonds is 4. The van der Waals surface area contributed by atoms with Gasteiger partial charge in [0.05, 0.1) is 18.8 Å². The number of guanidine groups is 1. The van der Waals surface area contributed by atoms with Crippen molar-refractivity contribution in [1.82, 2.24) is 10.2 Å². The van der Waals surface area contributed by atoms with Gasteiger partial charge in [0.2, 0.25) is 0 Å². The third-order valence-electron chi connectivity index (χ3n) is 5.82. The number of aliphatic imine (C=N–C) groups is 1. The number of halogens is 1. The fourth-order valence-corrected chi connectivity index (χ4v) is 4.65. The second kappa shape index (κ2) is 6.92. The fraction of sp³-hybridized carbons (Fsp3) is 0.632. The Bertz CT molecular complexity index is 648. The molecule has 0 radical (unpaired) electrons. The third-order valence-corrected chi connectivity index (χ3v) is 5.82. The molecule has 4 rings (SSSR count). The minimum Gasteiger partial charge on any atom is -0.380 e. The number of ether oxygens (including phenoxy) is 2. The summed E-state index contributed by atoms with van der Waals surface area (Å²) in [6.45, 7) is 2.94. The Morgan fingerprint density at radius 3 is 2.68 bits per heavy atom. The van der Waals surface area contributed by atoms with Gasteiger partial charge in [0.25, 0.3) is 0 Å². The zero-order valence-corrected chi connectivity index (χ0v) is 14.9. The van der Waals surface area contributed by atoms with E-state index in [1.54, 1.807) is 7.11 Å². The van der Waals surface area contributed by atoms with Crippen molar-refractivity contribution in [3.63, 3.8) is 0 Å². The largest absolute Gasteiger partial charge is 0.380 e. The topological polar surface area (TPSA) is 46.1 Å². The van der Waals surface area contributed by atoms with Crippen LogP contribution < -0.4 is 5.32 Å². The molecule has 0 spiro atoms. The van der Waals surface area contributed by atoms with Crippen LogP contribution in [0.25, 0.3) is 0 Å². The molecule has 4 unspecified atom stereocenters. The van der Waals surface area contributed by atoms with Crippen LogP contribution in [-0.2, 0) is 22.6 Å². The second-order valence-electron chi connectivity index (χ2n) is 7.28. The molecule has 0 aromatic heterocycles. The summed E-state index contributed by atoms with van der Waals surface area (Å²) >= 11 is 0. The molecule has 1 aromatic rings. The van der Waals surface area contributed by atoms with E-state index in [4.69, 9.17) is 9.47 Å². The summed E-state index contributed by atoms with van der Waals surface area (Å²) < 4.78 is 24.8. The first kappa shape index (κ1) is 16.8. The monoisotopic (exact) mass is 347 g/mol. The quantitative estimate of drug-likeness (QED) is 0.670. The zero-order chi connectivity index (χ0) is 17.4. The number of hydrogen-bond acceptors (Lipinski definition) is 3. The highest BCUT2D eigenvalue weighted by Gasteiger charge is 2.53. The molecule has 136 valence electrons. The van der Waals surface area contributed by atoms with Crippen LogP contribution in [0.3, 0.4) is 0 Å². The Balaban J connectivity index is 1.38. The number of fused-ring (bicyclic) bond motifs is 5. The minimum absolute atomic E-state index is 0.224. The van der Waals surface area contributed by atoms with E-state index in [1.165, 1.54) is 18.9 Å². The summed E-state index contributed by atoms with van der Waals surface area (Å²) in [6.07, 6.45) is 3.33. The van der Waals surface area contributed by atoms with Gasteiger partial charge in [0.1, 0.15) is 5.82 Å². The molecule has 4 atom stereocenters. The summed E-state index contributed by atoms with van der Waals surface area (Å²) in [7, 11) is 3.40. The Morgan fingerprint density at radius 1 is 1.32 bits per heavy atom. The highest BCUT2D eigenvalue weighted by molar-refractivity contribution is 5.80. The van der Waals surface area contributed by atoms with Crippen LogP contribution in [-0.4, -0.2) is 50.3 Å². The number of benzene rings is 1. The van der Waals surface area contributed by atoms with Gasteiger partial charge in [0.15, 0.2) is 5.96 Å². The number of methoxy groups -OCH3 is 1. The van der Waals surface area contributed by atoms with E-state index in [9.17, 15) is 4.39 Å². The molecule has 25 heavy (non-hydrogen) atoms. The van der Waals surface area contributed by atoms with Crippen LogP contribution in [0.5, 0.6) is 0 Å². The Labute approximate surface area is 148 Å². The first-order valence-electron chi connectivity index (χ1n) is 9.07. The van der Waals surface area contributed by atoms with Crippen molar-refractivity contribution in [2.45, 2.75) is 38.2 Å². The molecule has 0 aliphatic carbocycles. The maximum atomic E-state index is 13.7. The smallest absolute Gasteiger partial charge is 0.193 e. The summed E-state index contributed by atoms with van der Waals surface area (Å²) in [5.74, 6) is 2.00. The summed E-state index contributed by atoms with van der Waals surface area (Å²) in [5.41, 5.74) is 1.61. The van der Waals surface area contributed by atoms with Gasteiger partial charge in [-0.25, -0.2) is 4.39 Å². The van der Waals surface area contributed by atoms with Crippen LogP contribution in [0, 0.1) is 17.7 Å². The first-order chi connectivity index (χ1) is 12.2. The SMILES string of the molecule is CN=C(NCc1ccc(F)c(COC)c1)N1CC2C3CCC(O3)C2C1. The first-order valence-corrected chi connectivity index (χ1v) is 9.07. The van der Waals surface area contributed by atoms with Gasteiger partial charge in [-0.2, -0.15) is 0 Å². The summed E-state index contributed by atoms with van der Waals surface area (Å²) in [5, 5.41) is 3.43. The summed E-state index contributed by atoms with van der Waals surface area (Å²) in [4.78, 5) is 6.80. The average molecular weight is 347 g/mol. The molecule has 3 fully saturated rings. The average Bonchev–Trinajstić information content (AvgIpc) is 3.31. The van der Waals surface area contributed by atoms with Gasteiger partial charge in [-0.3, -0.25) is 4.99 Å². The molecular weight excluding hydrogens is 321 g/mol. The van der Waals surface area contributed by atoms with Crippen LogP contribution >= 0.6 is 0 Å². The molecule has 1 aromatic carbocycles. The van der Waals surface area contributed by atoms with Crippen molar-refractivity contribution in [3.8, 4) is 0 Å². The van der Waals surface area contributed by atoms with Gasteiger partial charge in [0, 0.05) is 51.2 Å². The molecule has 2 bridgehead atoms. The van der Waals surface area contributed by atoms with E-state index in [-0.39, 0.29) is 12.4 Å². The predicted molar refractivity (Wildman–Crippen MR) is 93.8 cm³/mol. The molecule has 3 aliphatic heterocycles. The normalized spacial score (nSPS) is 30.8. The molecule has 6 heteroatoms. The molecule has 3 heterocycles. The highest BCUT2D eigenvalue weighted by atomic mass is 19.1. The number of hydrogen-bond donors (Lipinski definition) is 1. The molecule has 1 N–H and O–H groups in total. The van der Waals surface area contributed by atoms with E-state index in [2.05, 4.69) is 15.2 Å². The van der Waals surface area contributed by atoms with Crippen LogP contribution in [0.1, 0.15) is 24.0 Å². The van der Waals surface area contributed by atoms with Gasteiger partial charge >= 0.3 is 0 Å². The van der Waals surface area contributed by atoms with Gasteiger partial charge in [-0.05, 0) is 30.5 Å². The lowest BCUT2D eigenvalue weighted by Gasteiger charge is -2.23. The highest BCUT2D eigenvalue weighted by Crippen LogP contribution is 2.47. The number of likely N-dealkylation sites (tertiary alicyclic amines) is 1. The molecule has 3 aliphatic rings. The van der Waals surface area contributed by atoms with E-state index in [0.717, 1.165) is 24.6 Å². The standard InChI is InChI=1S/C19H26FN3O2/c1-21-19(22-8-12-3-4-16(20)13(7-12)11-24-2)23-9-14-15(10-23)18-6-5-17(14)25-18/h3-4,7,14-15,17-18H,5-6,8-11H2,1-2H3,(H,21,22). The lowest BCUT2D eigenvalue weighted by atomic mass is 9.82.